The molecule has 2 N–H and O–H groups in total. The topological polar surface area (TPSA) is 70.7 Å². The summed E-state index contributed by atoms with van der Waals surface area (Å²) in [6.07, 6.45) is 4.60. The normalized spacial score (nSPS) is 19.3. The van der Waals surface area contributed by atoms with E-state index in [1.54, 1.807) is 7.11 Å². The molecule has 1 aromatic rings. The van der Waals surface area contributed by atoms with Gasteiger partial charge in [-0.3, -0.25) is 9.59 Å². The van der Waals surface area contributed by atoms with E-state index in [-0.39, 0.29) is 30.8 Å². The lowest BCUT2D eigenvalue weighted by atomic mass is 9.78. The molecule has 0 aromatic heterocycles. The van der Waals surface area contributed by atoms with E-state index in [1.165, 1.54) is 5.56 Å². The van der Waals surface area contributed by atoms with E-state index in [9.17, 15) is 9.59 Å². The van der Waals surface area contributed by atoms with Crippen LogP contribution >= 0.6 is 12.4 Å². The number of methoxy groups -OCH3 is 1. The lowest BCUT2D eigenvalue weighted by Gasteiger charge is -2.36. The Hall–Kier alpha value is -1.63. The average molecular weight is 424 g/mol. The highest BCUT2D eigenvalue weighted by atomic mass is 35.5. The number of benzene rings is 1. The highest BCUT2D eigenvalue weighted by Gasteiger charge is 2.39. The fraction of sp³-hybridized carbons (Fsp3) is 0.636. The van der Waals surface area contributed by atoms with Crippen LogP contribution in [-0.2, 0) is 20.7 Å². The van der Waals surface area contributed by atoms with Crippen LogP contribution in [0.4, 0.5) is 0 Å². The maximum atomic E-state index is 12.8. The van der Waals surface area contributed by atoms with Crippen molar-refractivity contribution in [2.24, 2.45) is 11.3 Å². The number of amides is 2. The molecule has 162 valence electrons. The zero-order valence-electron chi connectivity index (χ0n) is 17.3. The third-order valence-electron chi connectivity index (χ3n) is 6.20. The van der Waals surface area contributed by atoms with Gasteiger partial charge in [-0.05, 0) is 56.7 Å². The first-order chi connectivity index (χ1) is 13.6. The summed E-state index contributed by atoms with van der Waals surface area (Å²) < 4.78 is 5.31. The molecular formula is C22H34ClN3O3. The van der Waals surface area contributed by atoms with Gasteiger partial charge in [-0.25, -0.2) is 0 Å². The molecule has 6 nitrogen and oxygen atoms in total. The Morgan fingerprint density at radius 1 is 1.17 bits per heavy atom. The largest absolute Gasteiger partial charge is 0.384 e. The molecule has 0 saturated carbocycles. The first-order valence-corrected chi connectivity index (χ1v) is 10.4. The molecule has 0 aliphatic carbocycles. The van der Waals surface area contributed by atoms with E-state index >= 15 is 0 Å². The van der Waals surface area contributed by atoms with E-state index in [1.807, 2.05) is 11.0 Å². The van der Waals surface area contributed by atoms with E-state index in [0.717, 1.165) is 58.3 Å². The molecule has 0 atom stereocenters. The van der Waals surface area contributed by atoms with Crippen LogP contribution in [0.1, 0.15) is 31.2 Å². The summed E-state index contributed by atoms with van der Waals surface area (Å²) in [5, 5.41) is 6.17. The van der Waals surface area contributed by atoms with Gasteiger partial charge in [0, 0.05) is 20.2 Å². The van der Waals surface area contributed by atoms with Gasteiger partial charge in [0.2, 0.25) is 11.8 Å². The lowest BCUT2D eigenvalue weighted by Crippen LogP contribution is -2.52. The van der Waals surface area contributed by atoms with E-state index in [0.29, 0.717) is 12.5 Å². The van der Waals surface area contributed by atoms with Crippen LogP contribution < -0.4 is 10.6 Å². The molecule has 2 fully saturated rings. The summed E-state index contributed by atoms with van der Waals surface area (Å²) in [5.74, 6) is 0.594. The van der Waals surface area contributed by atoms with Gasteiger partial charge >= 0.3 is 0 Å². The molecule has 2 aliphatic heterocycles. The summed E-state index contributed by atoms with van der Waals surface area (Å²) in [6, 6.07) is 10.5. The summed E-state index contributed by atoms with van der Waals surface area (Å²) in [7, 11) is 1.63. The molecule has 7 heteroatoms. The summed E-state index contributed by atoms with van der Waals surface area (Å²) in [5.41, 5.74) is 0.855. The van der Waals surface area contributed by atoms with Gasteiger partial charge in [-0.1, -0.05) is 30.3 Å². The minimum atomic E-state index is -0.511. The zero-order chi connectivity index (χ0) is 19.8. The Bertz CT molecular complexity index is 636. The Labute approximate surface area is 180 Å². The maximum absolute atomic E-state index is 12.8. The van der Waals surface area contributed by atoms with E-state index in [2.05, 4.69) is 34.9 Å². The highest BCUT2D eigenvalue weighted by Crippen LogP contribution is 2.29. The second-order valence-corrected chi connectivity index (χ2v) is 8.16. The number of nitrogens with zero attached hydrogens (tertiary/aromatic N) is 1. The smallest absolute Gasteiger partial charge is 0.241 e. The number of halogens is 1. The molecule has 2 aliphatic rings. The number of hydrogen-bond donors (Lipinski definition) is 2. The number of carbonyl (C=O) groups excluding carboxylic acids is 2. The van der Waals surface area contributed by atoms with Gasteiger partial charge in [-0.2, -0.15) is 0 Å². The molecule has 0 radical (unpaired) electrons. The molecule has 2 heterocycles. The average Bonchev–Trinajstić information content (AvgIpc) is 2.74. The molecule has 0 spiro atoms. The predicted octanol–water partition coefficient (Wildman–Crippen LogP) is 2.02. The Morgan fingerprint density at radius 3 is 2.45 bits per heavy atom. The zero-order valence-corrected chi connectivity index (χ0v) is 18.1. The molecule has 29 heavy (non-hydrogen) atoms. The molecule has 2 saturated heterocycles. The van der Waals surface area contributed by atoms with Crippen LogP contribution in [0.25, 0.3) is 0 Å². The lowest BCUT2D eigenvalue weighted by molar-refractivity contribution is -0.140. The molecule has 3 rings (SSSR count). The van der Waals surface area contributed by atoms with Crippen molar-refractivity contribution in [2.45, 2.75) is 32.1 Å². The van der Waals surface area contributed by atoms with Gasteiger partial charge in [0.05, 0.1) is 18.6 Å². The SMILES string of the molecule is COCC1(C(=O)NCC(=O)N2CCC(Cc3ccccc3)CC2)CCNCC1.Cl. The number of ether oxygens (including phenoxy) is 1. The summed E-state index contributed by atoms with van der Waals surface area (Å²) >= 11 is 0. The number of likely N-dealkylation sites (tertiary alicyclic amines) is 1. The van der Waals surface area contributed by atoms with Gasteiger partial charge in [0.25, 0.3) is 0 Å². The van der Waals surface area contributed by atoms with Crippen LogP contribution in [0.2, 0.25) is 0 Å². The molecule has 2 amide bonds. The van der Waals surface area contributed by atoms with Crippen molar-refractivity contribution in [3.63, 3.8) is 0 Å². The van der Waals surface area contributed by atoms with Crippen LogP contribution in [-0.4, -0.2) is 63.2 Å². The van der Waals surface area contributed by atoms with Gasteiger partial charge in [-0.15, -0.1) is 12.4 Å². The third-order valence-corrected chi connectivity index (χ3v) is 6.20. The number of hydrogen-bond acceptors (Lipinski definition) is 4. The second kappa shape index (κ2) is 11.5. The fourth-order valence-corrected chi connectivity index (χ4v) is 4.41. The van der Waals surface area contributed by atoms with Crippen LogP contribution in [0, 0.1) is 11.3 Å². The van der Waals surface area contributed by atoms with Crippen molar-refractivity contribution in [2.75, 3.05) is 46.4 Å². The first kappa shape index (κ1) is 23.6. The van der Waals surface area contributed by atoms with Gasteiger partial charge in [0.15, 0.2) is 0 Å². The van der Waals surface area contributed by atoms with Gasteiger partial charge < -0.3 is 20.3 Å². The van der Waals surface area contributed by atoms with Crippen LogP contribution in [0.3, 0.4) is 0 Å². The number of carbonyl (C=O) groups is 2. The molecular weight excluding hydrogens is 390 g/mol. The molecule has 0 unspecified atom stereocenters. The minimum Gasteiger partial charge on any atom is -0.384 e. The number of nitrogens with one attached hydrogen (secondary N) is 2. The number of piperidine rings is 2. The molecule has 1 aromatic carbocycles. The van der Waals surface area contributed by atoms with Crippen molar-refractivity contribution in [3.8, 4) is 0 Å². The summed E-state index contributed by atoms with van der Waals surface area (Å²) in [4.78, 5) is 27.2. The second-order valence-electron chi connectivity index (χ2n) is 8.16. The standard InChI is InChI=1S/C22H33N3O3.ClH/c1-28-17-22(9-11-23-12-10-22)21(27)24-16-20(26)25-13-7-19(8-14-25)15-18-5-3-2-4-6-18;/h2-6,19,23H,7-17H2,1H3,(H,24,27);1H. The molecule has 0 bridgehead atoms. The van der Waals surface area contributed by atoms with E-state index in [4.69, 9.17) is 4.74 Å². The maximum Gasteiger partial charge on any atom is 0.241 e. The Kier molecular flexibility index (Phi) is 9.40. The Balaban J connectivity index is 0.00000300. The van der Waals surface area contributed by atoms with Gasteiger partial charge in [0.1, 0.15) is 0 Å². The fourth-order valence-electron chi connectivity index (χ4n) is 4.41. The minimum absolute atomic E-state index is 0. The van der Waals surface area contributed by atoms with Crippen molar-refractivity contribution in [1.29, 1.82) is 0 Å². The van der Waals surface area contributed by atoms with Crippen molar-refractivity contribution >= 4 is 24.2 Å². The van der Waals surface area contributed by atoms with Crippen molar-refractivity contribution in [3.05, 3.63) is 35.9 Å². The van der Waals surface area contributed by atoms with E-state index < -0.39 is 5.41 Å². The summed E-state index contributed by atoms with van der Waals surface area (Å²) in [6.45, 7) is 3.65. The Morgan fingerprint density at radius 2 is 1.83 bits per heavy atom. The first-order valence-electron chi connectivity index (χ1n) is 10.4. The predicted molar refractivity (Wildman–Crippen MR) is 116 cm³/mol. The quantitative estimate of drug-likeness (QED) is 0.703. The monoisotopic (exact) mass is 423 g/mol. The van der Waals surface area contributed by atoms with Crippen molar-refractivity contribution < 1.29 is 14.3 Å². The third kappa shape index (κ3) is 6.43. The van der Waals surface area contributed by atoms with Crippen LogP contribution in [0.15, 0.2) is 30.3 Å². The highest BCUT2D eigenvalue weighted by molar-refractivity contribution is 5.88. The van der Waals surface area contributed by atoms with Crippen LogP contribution in [0.5, 0.6) is 0 Å². The number of rotatable bonds is 7. The van der Waals surface area contributed by atoms with Crippen molar-refractivity contribution in [1.82, 2.24) is 15.5 Å².